The van der Waals surface area contributed by atoms with Crippen molar-refractivity contribution in [1.82, 2.24) is 4.31 Å². The standard InChI is InChI=1S/C6H10NO4S/c1-4(9)7(12)5(2-3-8)6(10)11/h5,8H,2-3H2,1H3,(H,10,11)/q-1/t5-/m0/s1. The van der Waals surface area contributed by atoms with Crippen molar-refractivity contribution in [2.45, 2.75) is 19.4 Å². The third-order valence-electron chi connectivity index (χ3n) is 1.28. The summed E-state index contributed by atoms with van der Waals surface area (Å²) >= 11 is 4.52. The molecule has 0 aromatic carbocycles. The zero-order valence-electron chi connectivity index (χ0n) is 6.56. The molecular formula is C6H10NO4S-. The smallest absolute Gasteiger partial charge is 0.324 e. The van der Waals surface area contributed by atoms with Crippen LogP contribution in [0.5, 0.6) is 0 Å². The van der Waals surface area contributed by atoms with Gasteiger partial charge >= 0.3 is 5.97 Å². The first-order valence-corrected chi connectivity index (χ1v) is 3.67. The van der Waals surface area contributed by atoms with Gasteiger partial charge in [0.1, 0.15) is 6.04 Å². The fraction of sp³-hybridized carbons (Fsp3) is 0.667. The fourth-order valence-electron chi connectivity index (χ4n) is 0.683. The first-order valence-electron chi connectivity index (χ1n) is 3.31. The summed E-state index contributed by atoms with van der Waals surface area (Å²) in [6, 6.07) is -1.11. The highest BCUT2D eigenvalue weighted by Gasteiger charge is 2.18. The molecule has 0 saturated heterocycles. The summed E-state index contributed by atoms with van der Waals surface area (Å²) in [7, 11) is 0. The van der Waals surface area contributed by atoms with Crippen LogP contribution in [0.25, 0.3) is 0 Å². The van der Waals surface area contributed by atoms with Crippen molar-refractivity contribution in [1.29, 1.82) is 0 Å². The normalized spacial score (nSPS) is 12.2. The summed E-state index contributed by atoms with van der Waals surface area (Å²) in [4.78, 5) is 21.1. The number of carboxylic acid groups (broad SMARTS) is 1. The third kappa shape index (κ3) is 3.10. The average Bonchev–Trinajstić information content (AvgIpc) is 1.98. The van der Waals surface area contributed by atoms with Gasteiger partial charge in [0, 0.05) is 13.5 Å². The molecule has 0 rings (SSSR count). The second kappa shape index (κ2) is 5.00. The predicted molar refractivity (Wildman–Crippen MR) is 43.0 cm³/mol. The number of hydrogen-bond acceptors (Lipinski definition) is 4. The highest BCUT2D eigenvalue weighted by atomic mass is 32.1. The predicted octanol–water partition coefficient (Wildman–Crippen LogP) is -0.868. The molecule has 0 aliphatic carbocycles. The van der Waals surface area contributed by atoms with Gasteiger partial charge in [-0.15, -0.1) is 0 Å². The lowest BCUT2D eigenvalue weighted by molar-refractivity contribution is -0.145. The number of carbonyl (C=O) groups is 2. The molecule has 0 aliphatic rings. The Labute approximate surface area is 75.5 Å². The van der Waals surface area contributed by atoms with Crippen molar-refractivity contribution < 1.29 is 19.8 Å². The lowest BCUT2D eigenvalue weighted by atomic mass is 10.2. The number of aliphatic hydroxyl groups excluding tert-OH is 1. The molecule has 0 spiro atoms. The van der Waals surface area contributed by atoms with Crippen molar-refractivity contribution in [3.05, 3.63) is 0 Å². The summed E-state index contributed by atoms with van der Waals surface area (Å²) in [6.45, 7) is 0.873. The number of hydrogen-bond donors (Lipinski definition) is 2. The monoisotopic (exact) mass is 192 g/mol. The molecule has 0 bridgehead atoms. The van der Waals surface area contributed by atoms with E-state index in [2.05, 4.69) is 12.8 Å². The molecule has 0 aromatic heterocycles. The molecule has 0 aliphatic heterocycles. The maximum absolute atomic E-state index is 10.6. The van der Waals surface area contributed by atoms with Gasteiger partial charge in [-0.05, 0) is 6.42 Å². The lowest BCUT2D eigenvalue weighted by Gasteiger charge is -2.34. The molecule has 1 amide bonds. The number of aliphatic carboxylic acids is 1. The minimum atomic E-state index is -1.20. The van der Waals surface area contributed by atoms with Crippen LogP contribution in [-0.4, -0.2) is 39.0 Å². The topological polar surface area (TPSA) is 77.8 Å². The van der Waals surface area contributed by atoms with E-state index in [0.29, 0.717) is 4.31 Å². The van der Waals surface area contributed by atoms with Crippen molar-refractivity contribution in [3.63, 3.8) is 0 Å². The van der Waals surface area contributed by atoms with E-state index in [1.807, 2.05) is 0 Å². The van der Waals surface area contributed by atoms with Crippen molar-refractivity contribution in [2.24, 2.45) is 0 Å². The average molecular weight is 192 g/mol. The zero-order valence-corrected chi connectivity index (χ0v) is 7.37. The van der Waals surface area contributed by atoms with Crippen molar-refractivity contribution >= 4 is 24.7 Å². The molecular weight excluding hydrogens is 182 g/mol. The van der Waals surface area contributed by atoms with E-state index in [1.54, 1.807) is 0 Å². The Morgan fingerprint density at radius 3 is 2.33 bits per heavy atom. The van der Waals surface area contributed by atoms with E-state index >= 15 is 0 Å². The number of aliphatic hydroxyl groups is 1. The van der Waals surface area contributed by atoms with Crippen LogP contribution in [0.3, 0.4) is 0 Å². The highest BCUT2D eigenvalue weighted by Crippen LogP contribution is 2.02. The molecule has 5 nitrogen and oxygen atoms in total. The van der Waals surface area contributed by atoms with E-state index in [1.165, 1.54) is 6.92 Å². The summed E-state index contributed by atoms with van der Waals surface area (Å²) in [5.74, 6) is -1.71. The van der Waals surface area contributed by atoms with Crippen LogP contribution in [0.1, 0.15) is 13.3 Å². The van der Waals surface area contributed by atoms with Gasteiger partial charge in [0.15, 0.2) is 5.91 Å². The largest absolute Gasteiger partial charge is 0.663 e. The molecule has 0 fully saturated rings. The molecule has 0 aromatic rings. The molecule has 1 atom stereocenters. The molecule has 2 N–H and O–H groups in total. The van der Waals surface area contributed by atoms with Crippen LogP contribution >= 0.6 is 0 Å². The van der Waals surface area contributed by atoms with Crippen LogP contribution in [0, 0.1) is 0 Å². The maximum atomic E-state index is 10.6. The highest BCUT2D eigenvalue weighted by molar-refractivity contribution is 7.56. The Kier molecular flexibility index (Phi) is 4.68. The Bertz CT molecular complexity index is 184. The lowest BCUT2D eigenvalue weighted by Crippen LogP contribution is -2.40. The van der Waals surface area contributed by atoms with E-state index in [9.17, 15) is 9.59 Å². The molecule has 0 radical (unpaired) electrons. The van der Waals surface area contributed by atoms with Gasteiger partial charge in [-0.2, -0.15) is 0 Å². The second-order valence-electron chi connectivity index (χ2n) is 2.21. The molecule has 0 saturated carbocycles. The Morgan fingerprint density at radius 2 is 2.08 bits per heavy atom. The SMILES string of the molecule is CC(=O)N([S-])[C@@H](CCO)C(=O)O. The van der Waals surface area contributed by atoms with Gasteiger partial charge < -0.3 is 27.3 Å². The Balaban J connectivity index is 4.28. The molecule has 12 heavy (non-hydrogen) atoms. The van der Waals surface area contributed by atoms with Gasteiger partial charge in [0.05, 0.1) is 0 Å². The molecule has 0 unspecified atom stereocenters. The van der Waals surface area contributed by atoms with Crippen LogP contribution in [0.4, 0.5) is 0 Å². The van der Waals surface area contributed by atoms with E-state index in [0.717, 1.165) is 0 Å². The number of amides is 1. The fourth-order valence-corrected chi connectivity index (χ4v) is 0.878. The van der Waals surface area contributed by atoms with E-state index in [4.69, 9.17) is 10.2 Å². The molecule has 70 valence electrons. The minimum Gasteiger partial charge on any atom is -0.663 e. The Morgan fingerprint density at radius 1 is 1.58 bits per heavy atom. The van der Waals surface area contributed by atoms with Gasteiger partial charge in [0.2, 0.25) is 0 Å². The van der Waals surface area contributed by atoms with Crippen LogP contribution in [0.2, 0.25) is 0 Å². The van der Waals surface area contributed by atoms with Crippen LogP contribution < -0.4 is 0 Å². The van der Waals surface area contributed by atoms with Crippen LogP contribution in [0.15, 0.2) is 0 Å². The summed E-state index contributed by atoms with van der Waals surface area (Å²) in [5.41, 5.74) is 0. The summed E-state index contributed by atoms with van der Waals surface area (Å²) in [6.07, 6.45) is -0.0432. The number of carbonyl (C=O) groups excluding carboxylic acids is 1. The quantitative estimate of drug-likeness (QED) is 0.566. The first kappa shape index (κ1) is 11.2. The van der Waals surface area contributed by atoms with Crippen molar-refractivity contribution in [3.8, 4) is 0 Å². The first-order chi connectivity index (χ1) is 5.50. The van der Waals surface area contributed by atoms with Crippen molar-refractivity contribution in [2.75, 3.05) is 6.61 Å². The molecule has 6 heteroatoms. The summed E-state index contributed by atoms with van der Waals surface area (Å²) < 4.78 is 0.679. The third-order valence-corrected chi connectivity index (χ3v) is 1.79. The summed E-state index contributed by atoms with van der Waals surface area (Å²) in [5, 5.41) is 17.0. The van der Waals surface area contributed by atoms with Crippen LogP contribution in [-0.2, 0) is 22.4 Å². The van der Waals surface area contributed by atoms with E-state index < -0.39 is 17.9 Å². The van der Waals surface area contributed by atoms with Gasteiger partial charge in [-0.3, -0.25) is 9.59 Å². The van der Waals surface area contributed by atoms with Gasteiger partial charge in [-0.1, -0.05) is 0 Å². The number of nitrogens with zero attached hydrogens (tertiary/aromatic N) is 1. The molecule has 0 heterocycles. The second-order valence-corrected chi connectivity index (χ2v) is 2.60. The number of carboxylic acids is 1. The van der Waals surface area contributed by atoms with Gasteiger partial charge in [0.25, 0.3) is 0 Å². The Hall–Kier alpha value is -0.750. The number of rotatable bonds is 4. The minimum absolute atomic E-state index is 0.0432. The zero-order chi connectivity index (χ0) is 9.72. The van der Waals surface area contributed by atoms with Gasteiger partial charge in [-0.25, -0.2) is 0 Å². The van der Waals surface area contributed by atoms with E-state index in [-0.39, 0.29) is 13.0 Å². The maximum Gasteiger partial charge on any atom is 0.324 e.